The first-order chi connectivity index (χ1) is 12.8. The van der Waals surface area contributed by atoms with Crippen molar-refractivity contribution in [2.75, 3.05) is 13.6 Å². The zero-order chi connectivity index (χ0) is 18.2. The summed E-state index contributed by atoms with van der Waals surface area (Å²) in [6, 6.07) is 17.9. The van der Waals surface area contributed by atoms with Crippen molar-refractivity contribution in [3.8, 4) is 5.69 Å². The topological polar surface area (TPSA) is 67.1 Å². The van der Waals surface area contributed by atoms with Gasteiger partial charge < -0.3 is 10.6 Å². The maximum Gasteiger partial charge on any atom is 0.191 e. The van der Waals surface area contributed by atoms with Crippen LogP contribution in [0.15, 0.2) is 65.9 Å². The Morgan fingerprint density at radius 1 is 1.12 bits per heavy atom. The molecule has 3 aromatic rings. The van der Waals surface area contributed by atoms with Gasteiger partial charge in [-0.05, 0) is 36.2 Å². The van der Waals surface area contributed by atoms with E-state index in [9.17, 15) is 0 Å². The molecule has 0 aliphatic heterocycles. The normalized spacial score (nSPS) is 11.4. The molecule has 7 heteroatoms. The van der Waals surface area contributed by atoms with Crippen LogP contribution in [0.3, 0.4) is 0 Å². The molecule has 0 bridgehead atoms. The lowest BCUT2D eigenvalue weighted by Crippen LogP contribution is -2.38. The predicted molar refractivity (Wildman–Crippen MR) is 105 cm³/mol. The average molecular weight is 369 g/mol. The maximum atomic E-state index is 6.01. The van der Waals surface area contributed by atoms with Crippen molar-refractivity contribution < 1.29 is 0 Å². The Hall–Kier alpha value is -2.86. The first-order valence-corrected chi connectivity index (χ1v) is 8.77. The van der Waals surface area contributed by atoms with E-state index in [0.717, 1.165) is 35.5 Å². The Morgan fingerprint density at radius 3 is 2.73 bits per heavy atom. The van der Waals surface area contributed by atoms with E-state index in [4.69, 9.17) is 11.6 Å². The quantitative estimate of drug-likeness (QED) is 0.518. The summed E-state index contributed by atoms with van der Waals surface area (Å²) in [5.74, 6) is 1.53. The van der Waals surface area contributed by atoms with Gasteiger partial charge in [-0.2, -0.15) is 0 Å². The summed E-state index contributed by atoms with van der Waals surface area (Å²) in [5, 5.41) is 15.5. The van der Waals surface area contributed by atoms with Gasteiger partial charge in [0.25, 0.3) is 0 Å². The van der Waals surface area contributed by atoms with Gasteiger partial charge in [0.15, 0.2) is 11.8 Å². The number of nitrogens with zero attached hydrogens (tertiary/aromatic N) is 4. The van der Waals surface area contributed by atoms with E-state index >= 15 is 0 Å². The molecule has 0 aliphatic rings. The van der Waals surface area contributed by atoms with Gasteiger partial charge in [0.2, 0.25) is 0 Å². The highest BCUT2D eigenvalue weighted by Crippen LogP contribution is 2.11. The Labute approximate surface area is 157 Å². The minimum absolute atomic E-state index is 0.520. The van der Waals surface area contributed by atoms with E-state index < -0.39 is 0 Å². The number of halogens is 1. The highest BCUT2D eigenvalue weighted by molar-refractivity contribution is 6.30. The molecule has 0 fully saturated rings. The molecule has 0 amide bonds. The number of para-hydroxylation sites is 1. The van der Waals surface area contributed by atoms with Gasteiger partial charge in [-0.3, -0.25) is 9.56 Å². The fraction of sp³-hybridized carbons (Fsp3) is 0.211. The standard InChI is InChI=1S/C19H21ClN6/c1-21-19(22-11-10-15-6-5-7-16(20)12-15)23-13-18-25-24-14-26(18)17-8-3-2-4-9-17/h2-9,12,14H,10-11,13H2,1H3,(H2,21,22,23). The van der Waals surface area contributed by atoms with E-state index in [1.54, 1.807) is 13.4 Å². The molecular weight excluding hydrogens is 348 g/mol. The second kappa shape index (κ2) is 9.01. The van der Waals surface area contributed by atoms with E-state index in [2.05, 4.69) is 31.9 Å². The van der Waals surface area contributed by atoms with Crippen molar-refractivity contribution in [1.82, 2.24) is 25.4 Å². The molecule has 0 unspecified atom stereocenters. The fourth-order valence-corrected chi connectivity index (χ4v) is 2.80. The number of benzene rings is 2. The molecule has 0 aliphatic carbocycles. The highest BCUT2D eigenvalue weighted by atomic mass is 35.5. The summed E-state index contributed by atoms with van der Waals surface area (Å²) in [6.07, 6.45) is 2.57. The van der Waals surface area contributed by atoms with Crippen molar-refractivity contribution >= 4 is 17.6 Å². The molecule has 26 heavy (non-hydrogen) atoms. The highest BCUT2D eigenvalue weighted by Gasteiger charge is 2.07. The summed E-state index contributed by atoms with van der Waals surface area (Å²) in [5.41, 5.74) is 2.21. The first kappa shape index (κ1) is 17.9. The number of hydrogen-bond acceptors (Lipinski definition) is 3. The van der Waals surface area contributed by atoms with Crippen LogP contribution in [0.25, 0.3) is 5.69 Å². The van der Waals surface area contributed by atoms with E-state index in [-0.39, 0.29) is 0 Å². The molecule has 3 rings (SSSR count). The lowest BCUT2D eigenvalue weighted by atomic mass is 10.1. The van der Waals surface area contributed by atoms with Gasteiger partial charge >= 0.3 is 0 Å². The second-order valence-electron chi connectivity index (χ2n) is 5.69. The average Bonchev–Trinajstić information content (AvgIpc) is 3.14. The number of nitrogens with one attached hydrogen (secondary N) is 2. The molecule has 0 spiro atoms. The Kier molecular flexibility index (Phi) is 6.22. The number of guanidine groups is 1. The monoisotopic (exact) mass is 368 g/mol. The molecule has 0 saturated heterocycles. The third kappa shape index (κ3) is 4.83. The van der Waals surface area contributed by atoms with E-state index in [1.807, 2.05) is 53.1 Å². The summed E-state index contributed by atoms with van der Waals surface area (Å²) < 4.78 is 1.95. The Balaban J connectivity index is 1.53. The summed E-state index contributed by atoms with van der Waals surface area (Å²) in [7, 11) is 1.75. The predicted octanol–water partition coefficient (Wildman–Crippen LogP) is 2.83. The number of hydrogen-bond donors (Lipinski definition) is 2. The van der Waals surface area contributed by atoms with Gasteiger partial charge in [-0.25, -0.2) is 0 Å². The minimum Gasteiger partial charge on any atom is -0.356 e. The van der Waals surface area contributed by atoms with Crippen molar-refractivity contribution in [2.24, 2.45) is 4.99 Å². The van der Waals surface area contributed by atoms with Crippen LogP contribution in [0.4, 0.5) is 0 Å². The molecule has 1 aromatic heterocycles. The van der Waals surface area contributed by atoms with Crippen LogP contribution in [-0.4, -0.2) is 34.3 Å². The van der Waals surface area contributed by atoms with Crippen LogP contribution >= 0.6 is 11.6 Å². The van der Waals surface area contributed by atoms with Crippen molar-refractivity contribution in [3.05, 3.63) is 77.3 Å². The third-order valence-electron chi connectivity index (χ3n) is 3.89. The lowest BCUT2D eigenvalue weighted by molar-refractivity contribution is 0.749. The van der Waals surface area contributed by atoms with Gasteiger partial charge in [-0.15, -0.1) is 10.2 Å². The van der Waals surface area contributed by atoms with Crippen molar-refractivity contribution in [2.45, 2.75) is 13.0 Å². The van der Waals surface area contributed by atoms with Gasteiger partial charge in [0, 0.05) is 24.3 Å². The fourth-order valence-electron chi connectivity index (χ4n) is 2.58. The SMILES string of the molecule is CN=C(NCCc1cccc(Cl)c1)NCc1nncn1-c1ccccc1. The first-order valence-electron chi connectivity index (χ1n) is 8.39. The van der Waals surface area contributed by atoms with Crippen LogP contribution in [0.1, 0.15) is 11.4 Å². The van der Waals surface area contributed by atoms with Gasteiger partial charge in [0.05, 0.1) is 6.54 Å². The van der Waals surface area contributed by atoms with Crippen LogP contribution in [0.2, 0.25) is 5.02 Å². The Bertz CT molecular complexity index is 859. The number of aromatic nitrogens is 3. The zero-order valence-electron chi connectivity index (χ0n) is 14.6. The van der Waals surface area contributed by atoms with Crippen LogP contribution in [-0.2, 0) is 13.0 Å². The van der Waals surface area contributed by atoms with Gasteiger partial charge in [0.1, 0.15) is 6.33 Å². The van der Waals surface area contributed by atoms with Crippen LogP contribution in [0.5, 0.6) is 0 Å². The van der Waals surface area contributed by atoms with Crippen LogP contribution in [0, 0.1) is 0 Å². The smallest absolute Gasteiger partial charge is 0.191 e. The summed E-state index contributed by atoms with van der Waals surface area (Å²) in [6.45, 7) is 1.27. The largest absolute Gasteiger partial charge is 0.356 e. The Morgan fingerprint density at radius 2 is 1.96 bits per heavy atom. The summed E-state index contributed by atoms with van der Waals surface area (Å²) in [4.78, 5) is 4.25. The number of aliphatic imine (C=N–C) groups is 1. The maximum absolute atomic E-state index is 6.01. The molecular formula is C19H21ClN6. The van der Waals surface area contributed by atoms with E-state index in [1.165, 1.54) is 5.56 Å². The minimum atomic E-state index is 0.520. The second-order valence-corrected chi connectivity index (χ2v) is 6.12. The summed E-state index contributed by atoms with van der Waals surface area (Å²) >= 11 is 6.01. The molecule has 134 valence electrons. The van der Waals surface area contributed by atoms with Crippen molar-refractivity contribution in [3.63, 3.8) is 0 Å². The molecule has 6 nitrogen and oxygen atoms in total. The third-order valence-corrected chi connectivity index (χ3v) is 4.12. The van der Waals surface area contributed by atoms with Crippen molar-refractivity contribution in [1.29, 1.82) is 0 Å². The van der Waals surface area contributed by atoms with Gasteiger partial charge in [-0.1, -0.05) is 41.9 Å². The van der Waals surface area contributed by atoms with Crippen LogP contribution < -0.4 is 10.6 Å². The molecule has 0 atom stereocenters. The molecule has 0 saturated carbocycles. The molecule has 0 radical (unpaired) electrons. The lowest BCUT2D eigenvalue weighted by Gasteiger charge is -2.12. The zero-order valence-corrected chi connectivity index (χ0v) is 15.3. The van der Waals surface area contributed by atoms with E-state index in [0.29, 0.717) is 6.54 Å². The number of rotatable bonds is 6. The molecule has 1 heterocycles. The molecule has 2 N–H and O–H groups in total. The molecule has 2 aromatic carbocycles.